The van der Waals surface area contributed by atoms with Gasteiger partial charge in [-0.15, -0.1) is 0 Å². The van der Waals surface area contributed by atoms with Gasteiger partial charge in [0.05, 0.1) is 25.4 Å². The Bertz CT molecular complexity index is 589. The highest BCUT2D eigenvalue weighted by Crippen LogP contribution is 2.39. The van der Waals surface area contributed by atoms with E-state index < -0.39 is 17.5 Å². The Morgan fingerprint density at radius 1 is 1.09 bits per heavy atom. The summed E-state index contributed by atoms with van der Waals surface area (Å²) in [7, 11) is 3.12. The number of rotatable bonds is 4. The minimum atomic E-state index is -0.793. The Labute approximate surface area is 131 Å². The zero-order chi connectivity index (χ0) is 16.7. The van der Waals surface area contributed by atoms with E-state index in [1.807, 2.05) is 20.8 Å². The lowest BCUT2D eigenvalue weighted by atomic mass is 9.92. The smallest absolute Gasteiger partial charge is 0.198 e. The van der Waals surface area contributed by atoms with E-state index in [0.717, 1.165) is 5.56 Å². The van der Waals surface area contributed by atoms with Gasteiger partial charge in [-0.05, 0) is 46.2 Å². The fourth-order valence-corrected chi connectivity index (χ4v) is 2.90. The minimum Gasteiger partial charge on any atom is -0.496 e. The molecule has 0 radical (unpaired) electrons. The molecule has 0 aromatic heterocycles. The number of aryl methyl sites for hydroxylation is 1. The number of ketones is 1. The maximum atomic E-state index is 13.0. The number of Topliss-reactive ketones (excluding diaryl/α,β-unsaturated/α-hetero) is 1. The third-order valence-corrected chi connectivity index (χ3v) is 3.76. The van der Waals surface area contributed by atoms with Gasteiger partial charge in [0.2, 0.25) is 0 Å². The summed E-state index contributed by atoms with van der Waals surface area (Å²) in [5, 5.41) is 0. The van der Waals surface area contributed by atoms with Crippen LogP contribution in [-0.2, 0) is 9.47 Å². The predicted molar refractivity (Wildman–Crippen MR) is 82.7 cm³/mol. The van der Waals surface area contributed by atoms with Crippen molar-refractivity contribution in [1.82, 2.24) is 0 Å². The first-order valence-corrected chi connectivity index (χ1v) is 7.26. The molecule has 0 amide bonds. The third-order valence-electron chi connectivity index (χ3n) is 3.76. The van der Waals surface area contributed by atoms with E-state index in [1.54, 1.807) is 33.1 Å². The second-order valence-corrected chi connectivity index (χ2v) is 6.49. The van der Waals surface area contributed by atoms with Crippen LogP contribution < -0.4 is 9.47 Å². The first-order valence-electron chi connectivity index (χ1n) is 7.26. The number of hydrogen-bond acceptors (Lipinski definition) is 5. The van der Waals surface area contributed by atoms with Crippen LogP contribution in [0.15, 0.2) is 12.1 Å². The topological polar surface area (TPSA) is 54.0 Å². The SMILES string of the molecule is COc1cc(OC)c(C(=O)[C@H]2OC(C)(C)OC2(C)C)cc1C. The van der Waals surface area contributed by atoms with Crippen LogP contribution in [0.25, 0.3) is 0 Å². The van der Waals surface area contributed by atoms with E-state index in [2.05, 4.69) is 0 Å². The lowest BCUT2D eigenvalue weighted by Crippen LogP contribution is -2.39. The summed E-state index contributed by atoms with van der Waals surface area (Å²) >= 11 is 0. The molecule has 1 aliphatic rings. The predicted octanol–water partition coefficient (Wildman–Crippen LogP) is 3.13. The van der Waals surface area contributed by atoms with Gasteiger partial charge in [0.25, 0.3) is 0 Å². The van der Waals surface area contributed by atoms with E-state index >= 15 is 0 Å². The van der Waals surface area contributed by atoms with Crippen molar-refractivity contribution in [2.75, 3.05) is 14.2 Å². The Balaban J connectivity index is 2.44. The molecule has 1 fully saturated rings. The van der Waals surface area contributed by atoms with Crippen molar-refractivity contribution in [3.05, 3.63) is 23.3 Å². The van der Waals surface area contributed by atoms with E-state index in [-0.39, 0.29) is 5.78 Å². The van der Waals surface area contributed by atoms with Gasteiger partial charge in [-0.1, -0.05) is 0 Å². The quantitative estimate of drug-likeness (QED) is 0.800. The fraction of sp³-hybridized carbons (Fsp3) is 0.588. The van der Waals surface area contributed by atoms with Crippen molar-refractivity contribution < 1.29 is 23.7 Å². The molecule has 1 aliphatic heterocycles. The highest BCUT2D eigenvalue weighted by atomic mass is 16.8. The first-order chi connectivity index (χ1) is 10.1. The molecule has 0 bridgehead atoms. The van der Waals surface area contributed by atoms with E-state index in [9.17, 15) is 4.79 Å². The third kappa shape index (κ3) is 2.96. The highest BCUT2D eigenvalue weighted by molar-refractivity contribution is 6.03. The van der Waals surface area contributed by atoms with Gasteiger partial charge in [-0.25, -0.2) is 0 Å². The van der Waals surface area contributed by atoms with Gasteiger partial charge in [-0.3, -0.25) is 4.79 Å². The standard InChI is InChI=1S/C17H24O5/c1-10-8-11(13(20-7)9-12(10)19-6)14(18)15-16(2,3)22-17(4,5)21-15/h8-9,15H,1-7H3/t15-/m1/s1. The molecule has 0 aliphatic carbocycles. The molecule has 0 spiro atoms. The molecular formula is C17H24O5. The lowest BCUT2D eigenvalue weighted by Gasteiger charge is -2.23. The molecule has 1 heterocycles. The second-order valence-electron chi connectivity index (χ2n) is 6.49. The highest BCUT2D eigenvalue weighted by Gasteiger charge is 2.51. The molecule has 0 saturated carbocycles. The molecule has 0 unspecified atom stereocenters. The molecule has 22 heavy (non-hydrogen) atoms. The molecule has 5 heteroatoms. The van der Waals surface area contributed by atoms with E-state index in [1.165, 1.54) is 7.11 Å². The summed E-state index contributed by atoms with van der Waals surface area (Å²) in [5.74, 6) is 0.199. The zero-order valence-corrected chi connectivity index (χ0v) is 14.3. The van der Waals surface area contributed by atoms with Crippen LogP contribution in [0.1, 0.15) is 43.6 Å². The average molecular weight is 308 g/mol. The number of carbonyl (C=O) groups excluding carboxylic acids is 1. The van der Waals surface area contributed by atoms with Crippen LogP contribution in [-0.4, -0.2) is 37.5 Å². The summed E-state index contributed by atoms with van der Waals surface area (Å²) < 4.78 is 22.3. The number of carbonyl (C=O) groups is 1. The Morgan fingerprint density at radius 2 is 1.68 bits per heavy atom. The number of methoxy groups -OCH3 is 2. The normalized spacial score (nSPS) is 22.4. The molecule has 1 aromatic rings. The fourth-order valence-electron chi connectivity index (χ4n) is 2.90. The Kier molecular flexibility index (Phi) is 4.24. The van der Waals surface area contributed by atoms with E-state index in [0.29, 0.717) is 17.1 Å². The maximum absolute atomic E-state index is 13.0. The van der Waals surface area contributed by atoms with Crippen molar-refractivity contribution in [2.24, 2.45) is 0 Å². The summed E-state index contributed by atoms with van der Waals surface area (Å²) in [5.41, 5.74) is 0.627. The zero-order valence-electron chi connectivity index (χ0n) is 14.3. The second kappa shape index (κ2) is 5.56. The molecule has 1 saturated heterocycles. The average Bonchev–Trinajstić information content (AvgIpc) is 2.65. The summed E-state index contributed by atoms with van der Waals surface area (Å²) in [6, 6.07) is 3.49. The Hall–Kier alpha value is -1.59. The van der Waals surface area contributed by atoms with E-state index in [4.69, 9.17) is 18.9 Å². The van der Waals surface area contributed by atoms with Crippen LogP contribution in [0, 0.1) is 6.92 Å². The Morgan fingerprint density at radius 3 is 2.14 bits per heavy atom. The van der Waals surface area contributed by atoms with Crippen molar-refractivity contribution in [3.8, 4) is 11.5 Å². The van der Waals surface area contributed by atoms with Gasteiger partial charge in [-0.2, -0.15) is 0 Å². The molecule has 1 aromatic carbocycles. The molecule has 1 atom stereocenters. The van der Waals surface area contributed by atoms with Crippen LogP contribution in [0.3, 0.4) is 0 Å². The molecular weight excluding hydrogens is 284 g/mol. The molecule has 0 N–H and O–H groups in total. The molecule has 122 valence electrons. The summed E-state index contributed by atoms with van der Waals surface area (Å²) in [6.45, 7) is 9.20. The van der Waals surface area contributed by atoms with Gasteiger partial charge < -0.3 is 18.9 Å². The van der Waals surface area contributed by atoms with Crippen LogP contribution in [0.2, 0.25) is 0 Å². The molecule has 2 rings (SSSR count). The van der Waals surface area contributed by atoms with Crippen LogP contribution in [0.4, 0.5) is 0 Å². The van der Waals surface area contributed by atoms with Crippen molar-refractivity contribution in [3.63, 3.8) is 0 Å². The minimum absolute atomic E-state index is 0.154. The monoisotopic (exact) mass is 308 g/mol. The van der Waals surface area contributed by atoms with Crippen molar-refractivity contribution in [2.45, 2.75) is 52.1 Å². The summed E-state index contributed by atoms with van der Waals surface area (Å²) in [4.78, 5) is 13.0. The van der Waals surface area contributed by atoms with Crippen molar-refractivity contribution >= 4 is 5.78 Å². The largest absolute Gasteiger partial charge is 0.496 e. The number of benzene rings is 1. The lowest BCUT2D eigenvalue weighted by molar-refractivity contribution is -0.155. The number of hydrogen-bond donors (Lipinski definition) is 0. The van der Waals surface area contributed by atoms with Gasteiger partial charge >= 0.3 is 0 Å². The maximum Gasteiger partial charge on any atom is 0.198 e. The van der Waals surface area contributed by atoms with Crippen LogP contribution in [0.5, 0.6) is 11.5 Å². The molecule has 5 nitrogen and oxygen atoms in total. The van der Waals surface area contributed by atoms with Crippen LogP contribution >= 0.6 is 0 Å². The van der Waals surface area contributed by atoms with Gasteiger partial charge in [0.1, 0.15) is 11.5 Å². The summed E-state index contributed by atoms with van der Waals surface area (Å²) in [6.07, 6.45) is -0.691. The number of ether oxygens (including phenoxy) is 4. The van der Waals surface area contributed by atoms with Gasteiger partial charge in [0.15, 0.2) is 17.7 Å². The van der Waals surface area contributed by atoms with Gasteiger partial charge in [0, 0.05) is 6.07 Å². The first kappa shape index (κ1) is 16.8. The van der Waals surface area contributed by atoms with Crippen molar-refractivity contribution in [1.29, 1.82) is 0 Å².